The van der Waals surface area contributed by atoms with Gasteiger partial charge in [0.15, 0.2) is 11.6 Å². The Morgan fingerprint density at radius 2 is 1.54 bits per heavy atom. The monoisotopic (exact) mass is 348 g/mol. The Balaban J connectivity index is 1.90. The standard InChI is InChI=1S/C20H16N2O4/c21-11-6-8-13(23)17-15(11)19(25)18-14(24)9-7-12(16(18)20(17)26)22-10-4-2-1-3-5-10/h1-9,15,17,22-24H,21H2/t15-,17-/m1/s1. The molecule has 26 heavy (non-hydrogen) atoms. The first kappa shape index (κ1) is 16.0. The topological polar surface area (TPSA) is 113 Å². The van der Waals surface area contributed by atoms with E-state index in [0.717, 1.165) is 5.69 Å². The molecule has 2 aromatic carbocycles. The number of benzene rings is 2. The van der Waals surface area contributed by atoms with Crippen LogP contribution >= 0.6 is 0 Å². The number of carbonyl (C=O) groups excluding carboxylic acids is 2. The van der Waals surface area contributed by atoms with E-state index in [0.29, 0.717) is 5.69 Å². The number of allylic oxidation sites excluding steroid dienone is 4. The number of phenols is 1. The van der Waals surface area contributed by atoms with E-state index in [4.69, 9.17) is 5.73 Å². The molecule has 0 saturated heterocycles. The zero-order valence-corrected chi connectivity index (χ0v) is 13.6. The lowest BCUT2D eigenvalue weighted by molar-refractivity contribution is 0.0746. The summed E-state index contributed by atoms with van der Waals surface area (Å²) >= 11 is 0. The summed E-state index contributed by atoms with van der Waals surface area (Å²) in [4.78, 5) is 26.1. The molecule has 0 heterocycles. The van der Waals surface area contributed by atoms with Gasteiger partial charge in [-0.15, -0.1) is 0 Å². The van der Waals surface area contributed by atoms with Crippen molar-refractivity contribution in [3.05, 3.63) is 77.2 Å². The smallest absolute Gasteiger partial charge is 0.177 e. The van der Waals surface area contributed by atoms with Crippen molar-refractivity contribution in [1.82, 2.24) is 0 Å². The number of Topliss-reactive ketones (excluding diaryl/α,β-unsaturated/α-hetero) is 2. The number of para-hydroxylation sites is 1. The molecule has 6 nitrogen and oxygen atoms in total. The number of rotatable bonds is 2. The molecular formula is C20H16N2O4. The van der Waals surface area contributed by atoms with Gasteiger partial charge in [-0.1, -0.05) is 18.2 Å². The van der Waals surface area contributed by atoms with Crippen molar-refractivity contribution in [1.29, 1.82) is 0 Å². The summed E-state index contributed by atoms with van der Waals surface area (Å²) in [6, 6.07) is 12.1. The lowest BCUT2D eigenvalue weighted by Crippen LogP contribution is -2.42. The normalized spacial score (nSPS) is 21.4. The van der Waals surface area contributed by atoms with E-state index in [1.165, 1.54) is 24.3 Å². The van der Waals surface area contributed by atoms with Gasteiger partial charge < -0.3 is 21.3 Å². The van der Waals surface area contributed by atoms with E-state index in [9.17, 15) is 19.8 Å². The number of carbonyl (C=O) groups is 2. The summed E-state index contributed by atoms with van der Waals surface area (Å²) in [6.45, 7) is 0. The van der Waals surface area contributed by atoms with Crippen LogP contribution < -0.4 is 11.1 Å². The van der Waals surface area contributed by atoms with E-state index in [1.807, 2.05) is 30.3 Å². The predicted molar refractivity (Wildman–Crippen MR) is 96.5 cm³/mol. The van der Waals surface area contributed by atoms with Crippen molar-refractivity contribution in [3.63, 3.8) is 0 Å². The summed E-state index contributed by atoms with van der Waals surface area (Å²) in [7, 11) is 0. The molecule has 0 bridgehead atoms. The van der Waals surface area contributed by atoms with Gasteiger partial charge in [0.05, 0.1) is 28.7 Å². The molecule has 0 radical (unpaired) electrons. The maximum Gasteiger partial charge on any atom is 0.177 e. The van der Waals surface area contributed by atoms with Crippen molar-refractivity contribution in [2.24, 2.45) is 17.6 Å². The molecule has 0 fully saturated rings. The number of nitrogens with one attached hydrogen (secondary N) is 1. The number of fused-ring (bicyclic) bond motifs is 2. The molecule has 2 atom stereocenters. The third-order valence-corrected chi connectivity index (χ3v) is 4.75. The zero-order valence-electron chi connectivity index (χ0n) is 13.6. The maximum atomic E-state index is 13.1. The second-order valence-corrected chi connectivity index (χ2v) is 6.32. The fourth-order valence-corrected chi connectivity index (χ4v) is 3.53. The number of aliphatic hydroxyl groups excluding tert-OH is 1. The molecular weight excluding hydrogens is 332 g/mol. The van der Waals surface area contributed by atoms with Crippen molar-refractivity contribution in [2.45, 2.75) is 0 Å². The molecule has 130 valence electrons. The summed E-state index contributed by atoms with van der Waals surface area (Å²) < 4.78 is 0. The fourth-order valence-electron chi connectivity index (χ4n) is 3.53. The van der Waals surface area contributed by atoms with Crippen LogP contribution in [0.5, 0.6) is 5.75 Å². The van der Waals surface area contributed by atoms with Gasteiger partial charge in [-0.25, -0.2) is 0 Å². The van der Waals surface area contributed by atoms with Gasteiger partial charge in [-0.2, -0.15) is 0 Å². The van der Waals surface area contributed by atoms with Crippen molar-refractivity contribution >= 4 is 22.9 Å². The Morgan fingerprint density at radius 3 is 2.27 bits per heavy atom. The lowest BCUT2D eigenvalue weighted by Gasteiger charge is -2.33. The van der Waals surface area contributed by atoms with Crippen molar-refractivity contribution < 1.29 is 19.8 Å². The van der Waals surface area contributed by atoms with Crippen LogP contribution in [-0.2, 0) is 0 Å². The number of hydrogen-bond acceptors (Lipinski definition) is 6. The third kappa shape index (κ3) is 2.27. The highest BCUT2D eigenvalue weighted by Gasteiger charge is 2.48. The Morgan fingerprint density at radius 1 is 0.846 bits per heavy atom. The van der Waals surface area contributed by atoms with E-state index >= 15 is 0 Å². The molecule has 6 heteroatoms. The average molecular weight is 348 g/mol. The summed E-state index contributed by atoms with van der Waals surface area (Å²) in [5.41, 5.74) is 7.22. The second kappa shape index (κ2) is 5.77. The van der Waals surface area contributed by atoms with Crippen LogP contribution in [0.25, 0.3) is 0 Å². The molecule has 0 aliphatic heterocycles. The van der Waals surface area contributed by atoms with E-state index in [1.54, 1.807) is 0 Å². The van der Waals surface area contributed by atoms with Crippen LogP contribution in [-0.4, -0.2) is 21.8 Å². The molecule has 0 spiro atoms. The number of hydrogen-bond donors (Lipinski definition) is 4. The molecule has 2 aromatic rings. The van der Waals surface area contributed by atoms with Gasteiger partial charge in [0.25, 0.3) is 0 Å². The first-order chi connectivity index (χ1) is 12.5. The highest BCUT2D eigenvalue weighted by Crippen LogP contribution is 2.44. The Labute approximate surface area is 149 Å². The highest BCUT2D eigenvalue weighted by molar-refractivity contribution is 6.21. The first-order valence-corrected chi connectivity index (χ1v) is 8.11. The number of aromatic hydroxyl groups is 1. The van der Waals surface area contributed by atoms with E-state index in [2.05, 4.69) is 5.32 Å². The van der Waals surface area contributed by atoms with Crippen LogP contribution in [0.2, 0.25) is 0 Å². The summed E-state index contributed by atoms with van der Waals surface area (Å²) in [5.74, 6) is -3.49. The minimum absolute atomic E-state index is 0.0646. The molecule has 0 saturated carbocycles. The highest BCUT2D eigenvalue weighted by atomic mass is 16.3. The van der Waals surface area contributed by atoms with E-state index in [-0.39, 0.29) is 28.3 Å². The van der Waals surface area contributed by atoms with Crippen LogP contribution in [0.3, 0.4) is 0 Å². The van der Waals surface area contributed by atoms with Gasteiger partial charge >= 0.3 is 0 Å². The van der Waals surface area contributed by atoms with Crippen LogP contribution in [0.15, 0.2) is 66.1 Å². The molecule has 5 N–H and O–H groups in total. The number of aliphatic hydroxyl groups is 1. The molecule has 0 unspecified atom stereocenters. The van der Waals surface area contributed by atoms with Crippen LogP contribution in [0.1, 0.15) is 20.7 Å². The van der Waals surface area contributed by atoms with Gasteiger partial charge in [-0.3, -0.25) is 9.59 Å². The average Bonchev–Trinajstić information content (AvgIpc) is 2.63. The largest absolute Gasteiger partial charge is 0.512 e. The first-order valence-electron chi connectivity index (χ1n) is 8.11. The minimum Gasteiger partial charge on any atom is -0.512 e. The SMILES string of the molecule is NC1=CC=C(O)[C@H]2C(=O)c3c(Nc4ccccc4)ccc(O)c3C(=O)[C@H]12. The second-order valence-electron chi connectivity index (χ2n) is 6.32. The molecule has 2 aliphatic rings. The number of anilines is 2. The van der Waals surface area contributed by atoms with E-state index < -0.39 is 23.4 Å². The number of ketones is 2. The van der Waals surface area contributed by atoms with Gasteiger partial charge in [0.1, 0.15) is 11.5 Å². The molecule has 4 rings (SSSR count). The summed E-state index contributed by atoms with van der Waals surface area (Å²) in [5, 5.41) is 23.5. The predicted octanol–water partition coefficient (Wildman–Crippen LogP) is 3.05. The van der Waals surface area contributed by atoms with Gasteiger partial charge in [0.2, 0.25) is 0 Å². The lowest BCUT2D eigenvalue weighted by atomic mass is 9.69. The summed E-state index contributed by atoms with van der Waals surface area (Å²) in [6.07, 6.45) is 2.75. The molecule has 0 amide bonds. The van der Waals surface area contributed by atoms with Crippen molar-refractivity contribution in [2.75, 3.05) is 5.32 Å². The quantitative estimate of drug-likeness (QED) is 0.621. The van der Waals surface area contributed by atoms with Gasteiger partial charge in [0, 0.05) is 11.4 Å². The van der Waals surface area contributed by atoms with Crippen LogP contribution in [0.4, 0.5) is 11.4 Å². The fraction of sp³-hybridized carbons (Fsp3) is 0.100. The zero-order chi connectivity index (χ0) is 18.4. The minimum atomic E-state index is -1.07. The van der Waals surface area contributed by atoms with Gasteiger partial charge in [-0.05, 0) is 36.4 Å². The number of nitrogens with two attached hydrogens (primary N) is 1. The maximum absolute atomic E-state index is 13.1. The van der Waals surface area contributed by atoms with Crippen molar-refractivity contribution in [3.8, 4) is 5.75 Å². The Hall–Kier alpha value is -3.54. The Kier molecular flexibility index (Phi) is 3.54. The molecule has 2 aliphatic carbocycles. The third-order valence-electron chi connectivity index (χ3n) is 4.75. The van der Waals surface area contributed by atoms with Crippen LogP contribution in [0, 0.1) is 11.8 Å². The number of phenolic OH excluding ortho intramolecular Hbond substituents is 1. The Bertz CT molecular complexity index is 992. The molecule has 0 aromatic heterocycles.